The van der Waals surface area contributed by atoms with Gasteiger partial charge in [0.25, 0.3) is 0 Å². The molecule has 0 spiro atoms. The maximum absolute atomic E-state index is 12.0. The van der Waals surface area contributed by atoms with Gasteiger partial charge in [-0.05, 0) is 31.9 Å². The molecule has 2 rings (SSSR count). The van der Waals surface area contributed by atoms with Gasteiger partial charge in [-0.2, -0.15) is 0 Å². The molecule has 2 amide bonds. The van der Waals surface area contributed by atoms with E-state index in [0.717, 1.165) is 0 Å². The average Bonchev–Trinajstić information content (AvgIpc) is 2.50. The fraction of sp³-hybridized carbons (Fsp3) is 0.500. The van der Waals surface area contributed by atoms with Gasteiger partial charge in [0.15, 0.2) is 0 Å². The van der Waals surface area contributed by atoms with Crippen molar-refractivity contribution < 1.29 is 13.2 Å². The number of nitrogens with one attached hydrogen (secondary N) is 2. The molecular formula is C14H20ClN3O3S. The topological polar surface area (TPSA) is 78.5 Å². The van der Waals surface area contributed by atoms with E-state index in [1.54, 1.807) is 31.2 Å². The predicted octanol–water partition coefficient (Wildman–Crippen LogP) is 2.28. The van der Waals surface area contributed by atoms with E-state index in [9.17, 15) is 13.2 Å². The zero-order valence-corrected chi connectivity index (χ0v) is 14.0. The van der Waals surface area contributed by atoms with Crippen LogP contribution in [-0.2, 0) is 10.0 Å². The number of halogens is 1. The summed E-state index contributed by atoms with van der Waals surface area (Å²) >= 11 is 5.98. The molecule has 1 aromatic carbocycles. The van der Waals surface area contributed by atoms with Gasteiger partial charge < -0.3 is 10.6 Å². The Kier molecular flexibility index (Phi) is 5.66. The van der Waals surface area contributed by atoms with Crippen molar-refractivity contribution in [3.05, 3.63) is 29.3 Å². The van der Waals surface area contributed by atoms with E-state index >= 15 is 0 Å². The summed E-state index contributed by atoms with van der Waals surface area (Å²) in [6.07, 6.45) is 1.21. The quantitative estimate of drug-likeness (QED) is 0.878. The lowest BCUT2D eigenvalue weighted by atomic mass is 10.1. The molecule has 122 valence electrons. The number of amides is 2. The molecule has 1 saturated heterocycles. The predicted molar refractivity (Wildman–Crippen MR) is 87.7 cm³/mol. The van der Waals surface area contributed by atoms with Gasteiger partial charge in [0.2, 0.25) is 10.0 Å². The van der Waals surface area contributed by atoms with Crippen LogP contribution in [0.2, 0.25) is 5.02 Å². The van der Waals surface area contributed by atoms with Crippen molar-refractivity contribution in [1.82, 2.24) is 9.62 Å². The molecule has 1 aromatic rings. The third-order valence-corrected chi connectivity index (χ3v) is 5.88. The highest BCUT2D eigenvalue weighted by Crippen LogP contribution is 2.20. The van der Waals surface area contributed by atoms with Crippen LogP contribution < -0.4 is 10.6 Å². The summed E-state index contributed by atoms with van der Waals surface area (Å²) < 4.78 is 25.0. The number of carbonyl (C=O) groups excluding carboxylic acids is 1. The van der Waals surface area contributed by atoms with Crippen molar-refractivity contribution in [2.45, 2.75) is 25.8 Å². The summed E-state index contributed by atoms with van der Waals surface area (Å²) in [5.74, 6) is 0.109. The Balaban J connectivity index is 1.84. The first-order valence-corrected chi connectivity index (χ1v) is 9.21. The zero-order valence-electron chi connectivity index (χ0n) is 12.4. The Hall–Kier alpha value is -1.31. The number of hydrogen-bond donors (Lipinski definition) is 2. The molecule has 0 unspecified atom stereocenters. The van der Waals surface area contributed by atoms with Crippen LogP contribution in [0.5, 0.6) is 0 Å². The van der Waals surface area contributed by atoms with Gasteiger partial charge in [0.05, 0.1) is 16.5 Å². The van der Waals surface area contributed by atoms with Gasteiger partial charge in [0, 0.05) is 19.1 Å². The van der Waals surface area contributed by atoms with Crippen LogP contribution >= 0.6 is 11.6 Å². The maximum atomic E-state index is 12.0. The Labute approximate surface area is 135 Å². The third-order valence-electron chi connectivity index (χ3n) is 3.67. The molecule has 6 nitrogen and oxygen atoms in total. The average molecular weight is 346 g/mol. The second kappa shape index (κ2) is 7.30. The van der Waals surface area contributed by atoms with Crippen LogP contribution in [0.3, 0.4) is 0 Å². The summed E-state index contributed by atoms with van der Waals surface area (Å²) in [7, 11) is -3.14. The molecule has 2 N–H and O–H groups in total. The normalized spacial score (nSPS) is 17.2. The van der Waals surface area contributed by atoms with Gasteiger partial charge in [-0.1, -0.05) is 23.7 Å². The number of piperidine rings is 1. The number of rotatable bonds is 4. The first kappa shape index (κ1) is 17.1. The van der Waals surface area contributed by atoms with Gasteiger partial charge in [-0.3, -0.25) is 0 Å². The largest absolute Gasteiger partial charge is 0.335 e. The van der Waals surface area contributed by atoms with E-state index in [4.69, 9.17) is 11.6 Å². The summed E-state index contributed by atoms with van der Waals surface area (Å²) in [6.45, 7) is 2.51. The van der Waals surface area contributed by atoms with Crippen LogP contribution in [0.15, 0.2) is 24.3 Å². The minimum atomic E-state index is -3.14. The Morgan fingerprint density at radius 1 is 1.32 bits per heavy atom. The minimum absolute atomic E-state index is 0.0363. The molecule has 0 aromatic heterocycles. The van der Waals surface area contributed by atoms with E-state index in [0.29, 0.717) is 36.6 Å². The van der Waals surface area contributed by atoms with Gasteiger partial charge in [-0.25, -0.2) is 17.5 Å². The number of anilines is 1. The monoisotopic (exact) mass is 345 g/mol. The molecule has 0 atom stereocenters. The summed E-state index contributed by atoms with van der Waals surface area (Å²) in [4.78, 5) is 12.0. The minimum Gasteiger partial charge on any atom is -0.335 e. The van der Waals surface area contributed by atoms with Crippen LogP contribution in [-0.4, -0.2) is 43.6 Å². The van der Waals surface area contributed by atoms with Crippen molar-refractivity contribution in [1.29, 1.82) is 0 Å². The second-order valence-electron chi connectivity index (χ2n) is 5.15. The SMILES string of the molecule is CCS(=O)(=O)N1CCC(NC(=O)Nc2ccccc2Cl)CC1. The van der Waals surface area contributed by atoms with Crippen LogP contribution in [0.25, 0.3) is 0 Å². The van der Waals surface area contributed by atoms with Gasteiger partial charge in [0.1, 0.15) is 0 Å². The second-order valence-corrected chi connectivity index (χ2v) is 7.82. The summed E-state index contributed by atoms with van der Waals surface area (Å²) in [5.41, 5.74) is 0.549. The van der Waals surface area contributed by atoms with E-state index in [2.05, 4.69) is 10.6 Å². The lowest BCUT2D eigenvalue weighted by Gasteiger charge is -2.31. The number of para-hydroxylation sites is 1. The molecular weight excluding hydrogens is 326 g/mol. The number of benzene rings is 1. The van der Waals surface area contributed by atoms with Crippen LogP contribution in [0.1, 0.15) is 19.8 Å². The van der Waals surface area contributed by atoms with Crippen molar-refractivity contribution in [3.8, 4) is 0 Å². The third kappa shape index (κ3) is 4.34. The molecule has 0 saturated carbocycles. The number of carbonyl (C=O) groups is 1. The molecule has 1 aliphatic heterocycles. The van der Waals surface area contributed by atoms with Crippen LogP contribution in [0.4, 0.5) is 10.5 Å². The number of nitrogens with zero attached hydrogens (tertiary/aromatic N) is 1. The summed E-state index contributed by atoms with van der Waals surface area (Å²) in [5, 5.41) is 6.02. The molecule has 0 aliphatic carbocycles. The highest BCUT2D eigenvalue weighted by molar-refractivity contribution is 7.89. The Morgan fingerprint density at radius 3 is 2.55 bits per heavy atom. The molecule has 1 fully saturated rings. The highest BCUT2D eigenvalue weighted by atomic mass is 35.5. The van der Waals surface area contributed by atoms with E-state index < -0.39 is 10.0 Å². The Morgan fingerprint density at radius 2 is 1.95 bits per heavy atom. The van der Waals surface area contributed by atoms with E-state index in [1.165, 1.54) is 4.31 Å². The van der Waals surface area contributed by atoms with Crippen molar-refractivity contribution in [2.24, 2.45) is 0 Å². The lowest BCUT2D eigenvalue weighted by Crippen LogP contribution is -2.47. The fourth-order valence-corrected chi connectivity index (χ4v) is 3.68. The highest BCUT2D eigenvalue weighted by Gasteiger charge is 2.27. The van der Waals surface area contributed by atoms with Crippen molar-refractivity contribution in [3.63, 3.8) is 0 Å². The summed E-state index contributed by atoms with van der Waals surface area (Å²) in [6, 6.07) is 6.63. The molecule has 0 bridgehead atoms. The van der Waals surface area contributed by atoms with Crippen molar-refractivity contribution in [2.75, 3.05) is 24.2 Å². The molecule has 0 radical (unpaired) electrons. The number of urea groups is 1. The lowest BCUT2D eigenvalue weighted by molar-refractivity contribution is 0.238. The Bertz CT molecular complexity index is 628. The van der Waals surface area contributed by atoms with E-state index in [1.807, 2.05) is 0 Å². The molecule has 1 aliphatic rings. The maximum Gasteiger partial charge on any atom is 0.319 e. The first-order valence-electron chi connectivity index (χ1n) is 7.22. The first-order chi connectivity index (χ1) is 10.4. The molecule has 8 heteroatoms. The van der Waals surface area contributed by atoms with Gasteiger partial charge in [-0.15, -0.1) is 0 Å². The standard InChI is InChI=1S/C14H20ClN3O3S/c1-2-22(20,21)18-9-7-11(8-10-18)16-14(19)17-13-6-4-3-5-12(13)15/h3-6,11H,2,7-10H2,1H3,(H2,16,17,19). The van der Waals surface area contributed by atoms with E-state index in [-0.39, 0.29) is 17.8 Å². The zero-order chi connectivity index (χ0) is 16.2. The fourth-order valence-electron chi connectivity index (χ4n) is 2.37. The molecule has 1 heterocycles. The number of sulfonamides is 1. The van der Waals surface area contributed by atoms with Crippen molar-refractivity contribution >= 4 is 33.3 Å². The van der Waals surface area contributed by atoms with Crippen LogP contribution in [0, 0.1) is 0 Å². The van der Waals surface area contributed by atoms with Gasteiger partial charge >= 0.3 is 6.03 Å². The molecule has 22 heavy (non-hydrogen) atoms. The number of hydrogen-bond acceptors (Lipinski definition) is 3. The smallest absolute Gasteiger partial charge is 0.319 e.